The summed E-state index contributed by atoms with van der Waals surface area (Å²) in [5, 5.41) is 9.13. The molecule has 0 fully saturated rings. The average Bonchev–Trinajstić information content (AvgIpc) is 2.34. The summed E-state index contributed by atoms with van der Waals surface area (Å²) in [4.78, 5) is 0. The number of benzene rings is 1. The Bertz CT molecular complexity index is 335. The first-order valence-electron chi connectivity index (χ1n) is 5.60. The molecular weight excluding hydrogens is 220 g/mol. The molecule has 0 aliphatic rings. The molecule has 4 heteroatoms. The number of rotatable bonds is 6. The molecule has 1 aromatic carbocycles. The van der Waals surface area contributed by atoms with Crippen LogP contribution >= 0.6 is 0 Å². The van der Waals surface area contributed by atoms with Crippen molar-refractivity contribution in [2.45, 2.75) is 20.5 Å². The molecule has 0 aliphatic heterocycles. The first-order chi connectivity index (χ1) is 8.12. The van der Waals surface area contributed by atoms with Gasteiger partial charge in [-0.2, -0.15) is 0 Å². The van der Waals surface area contributed by atoms with Crippen LogP contribution in [0.5, 0.6) is 17.2 Å². The van der Waals surface area contributed by atoms with Crippen LogP contribution in [-0.2, 0) is 6.61 Å². The minimum atomic E-state index is -0.0584. The molecule has 1 rings (SSSR count). The highest BCUT2D eigenvalue weighted by Gasteiger charge is 2.14. The van der Waals surface area contributed by atoms with E-state index in [-0.39, 0.29) is 6.61 Å². The van der Waals surface area contributed by atoms with E-state index in [1.807, 2.05) is 0 Å². The normalized spacial score (nSPS) is 10.5. The van der Waals surface area contributed by atoms with E-state index < -0.39 is 0 Å². The van der Waals surface area contributed by atoms with Gasteiger partial charge in [0.05, 0.1) is 27.4 Å². The molecule has 0 spiro atoms. The second kappa shape index (κ2) is 6.35. The van der Waals surface area contributed by atoms with Crippen LogP contribution in [-0.4, -0.2) is 25.9 Å². The van der Waals surface area contributed by atoms with Gasteiger partial charge in [-0.25, -0.2) is 0 Å². The van der Waals surface area contributed by atoms with E-state index in [4.69, 9.17) is 19.3 Å². The van der Waals surface area contributed by atoms with Crippen molar-refractivity contribution in [2.24, 2.45) is 5.92 Å². The lowest BCUT2D eigenvalue weighted by molar-refractivity contribution is 0.241. The van der Waals surface area contributed by atoms with Crippen LogP contribution < -0.4 is 14.2 Å². The Balaban J connectivity index is 3.06. The number of aliphatic hydroxyl groups excluding tert-OH is 1. The molecule has 0 bridgehead atoms. The number of aliphatic hydroxyl groups is 1. The number of methoxy groups -OCH3 is 2. The van der Waals surface area contributed by atoms with Crippen molar-refractivity contribution in [1.29, 1.82) is 0 Å². The van der Waals surface area contributed by atoms with Crippen LogP contribution in [0.1, 0.15) is 19.4 Å². The molecule has 0 unspecified atom stereocenters. The summed E-state index contributed by atoms with van der Waals surface area (Å²) in [6.07, 6.45) is 0. The standard InChI is InChI=1S/C13H20O4/c1-9(2)8-17-13-11(15-3)5-10(7-14)6-12(13)16-4/h5-6,9,14H,7-8H2,1-4H3. The topological polar surface area (TPSA) is 47.9 Å². The Morgan fingerprint density at radius 3 is 2.00 bits per heavy atom. The molecule has 1 N–H and O–H groups in total. The number of ether oxygens (including phenoxy) is 3. The summed E-state index contributed by atoms with van der Waals surface area (Å²) in [5.41, 5.74) is 0.732. The zero-order valence-electron chi connectivity index (χ0n) is 10.8. The van der Waals surface area contributed by atoms with Gasteiger partial charge in [-0.3, -0.25) is 0 Å². The van der Waals surface area contributed by atoms with Gasteiger partial charge in [0.2, 0.25) is 5.75 Å². The van der Waals surface area contributed by atoms with Gasteiger partial charge in [-0.1, -0.05) is 13.8 Å². The average molecular weight is 240 g/mol. The Morgan fingerprint density at radius 1 is 1.12 bits per heavy atom. The van der Waals surface area contributed by atoms with Crippen molar-refractivity contribution in [3.63, 3.8) is 0 Å². The van der Waals surface area contributed by atoms with Gasteiger partial charge < -0.3 is 19.3 Å². The highest BCUT2D eigenvalue weighted by molar-refractivity contribution is 5.53. The molecule has 0 atom stereocenters. The summed E-state index contributed by atoms with van der Waals surface area (Å²) >= 11 is 0. The Hall–Kier alpha value is -1.42. The highest BCUT2D eigenvalue weighted by atomic mass is 16.5. The van der Waals surface area contributed by atoms with Crippen LogP contribution in [0.4, 0.5) is 0 Å². The van der Waals surface area contributed by atoms with Crippen LogP contribution in [0.2, 0.25) is 0 Å². The van der Waals surface area contributed by atoms with E-state index in [0.717, 1.165) is 5.56 Å². The maximum absolute atomic E-state index is 9.13. The van der Waals surface area contributed by atoms with E-state index in [2.05, 4.69) is 13.8 Å². The Labute approximate surface area is 102 Å². The lowest BCUT2D eigenvalue weighted by atomic mass is 10.2. The molecule has 0 amide bonds. The van der Waals surface area contributed by atoms with Crippen LogP contribution in [0.25, 0.3) is 0 Å². The minimum absolute atomic E-state index is 0.0584. The Morgan fingerprint density at radius 2 is 1.65 bits per heavy atom. The summed E-state index contributed by atoms with van der Waals surface area (Å²) < 4.78 is 16.2. The van der Waals surface area contributed by atoms with Gasteiger partial charge in [0.15, 0.2) is 11.5 Å². The van der Waals surface area contributed by atoms with Crippen LogP contribution in [0.3, 0.4) is 0 Å². The third-order valence-corrected chi connectivity index (χ3v) is 2.26. The fraction of sp³-hybridized carbons (Fsp3) is 0.538. The smallest absolute Gasteiger partial charge is 0.203 e. The molecule has 96 valence electrons. The van der Waals surface area contributed by atoms with E-state index >= 15 is 0 Å². The molecule has 1 aromatic rings. The monoisotopic (exact) mass is 240 g/mol. The van der Waals surface area contributed by atoms with Gasteiger partial charge in [-0.15, -0.1) is 0 Å². The van der Waals surface area contributed by atoms with Crippen LogP contribution in [0.15, 0.2) is 12.1 Å². The maximum Gasteiger partial charge on any atom is 0.203 e. The molecule has 0 aliphatic carbocycles. The predicted octanol–water partition coefficient (Wildman–Crippen LogP) is 2.23. The van der Waals surface area contributed by atoms with Crippen LogP contribution in [0, 0.1) is 5.92 Å². The molecule has 0 heterocycles. The summed E-state index contributed by atoms with van der Waals surface area (Å²) in [5.74, 6) is 2.16. The summed E-state index contributed by atoms with van der Waals surface area (Å²) in [7, 11) is 3.14. The fourth-order valence-electron chi connectivity index (χ4n) is 1.42. The van der Waals surface area contributed by atoms with Crippen molar-refractivity contribution < 1.29 is 19.3 Å². The first-order valence-corrected chi connectivity index (χ1v) is 5.60. The van der Waals surface area contributed by atoms with E-state index in [1.54, 1.807) is 26.4 Å². The minimum Gasteiger partial charge on any atom is -0.493 e. The fourth-order valence-corrected chi connectivity index (χ4v) is 1.42. The zero-order valence-corrected chi connectivity index (χ0v) is 10.8. The van der Waals surface area contributed by atoms with Gasteiger partial charge in [-0.05, 0) is 23.6 Å². The third kappa shape index (κ3) is 3.53. The van der Waals surface area contributed by atoms with Gasteiger partial charge in [0, 0.05) is 0 Å². The van der Waals surface area contributed by atoms with Crippen molar-refractivity contribution in [3.8, 4) is 17.2 Å². The van der Waals surface area contributed by atoms with Crippen molar-refractivity contribution in [1.82, 2.24) is 0 Å². The molecular formula is C13H20O4. The molecule has 0 saturated heterocycles. The maximum atomic E-state index is 9.13. The van der Waals surface area contributed by atoms with Crippen molar-refractivity contribution in [2.75, 3.05) is 20.8 Å². The molecule has 17 heavy (non-hydrogen) atoms. The number of hydrogen-bond donors (Lipinski definition) is 1. The van der Waals surface area contributed by atoms with E-state index in [1.165, 1.54) is 0 Å². The van der Waals surface area contributed by atoms with E-state index in [0.29, 0.717) is 29.8 Å². The summed E-state index contributed by atoms with van der Waals surface area (Å²) in [6, 6.07) is 3.50. The predicted molar refractivity (Wildman–Crippen MR) is 65.8 cm³/mol. The van der Waals surface area contributed by atoms with Gasteiger partial charge in [0.25, 0.3) is 0 Å². The zero-order chi connectivity index (χ0) is 12.8. The molecule has 0 saturated carbocycles. The lowest BCUT2D eigenvalue weighted by Gasteiger charge is -2.16. The summed E-state index contributed by atoms with van der Waals surface area (Å²) in [6.45, 7) is 4.67. The molecule has 0 radical (unpaired) electrons. The second-order valence-corrected chi connectivity index (χ2v) is 4.19. The SMILES string of the molecule is COc1cc(CO)cc(OC)c1OCC(C)C. The second-order valence-electron chi connectivity index (χ2n) is 4.19. The quantitative estimate of drug-likeness (QED) is 0.828. The van der Waals surface area contributed by atoms with Crippen molar-refractivity contribution in [3.05, 3.63) is 17.7 Å². The first kappa shape index (κ1) is 13.6. The van der Waals surface area contributed by atoms with Gasteiger partial charge >= 0.3 is 0 Å². The van der Waals surface area contributed by atoms with E-state index in [9.17, 15) is 0 Å². The number of hydrogen-bond acceptors (Lipinski definition) is 4. The largest absolute Gasteiger partial charge is 0.493 e. The molecule has 0 aromatic heterocycles. The highest BCUT2D eigenvalue weighted by Crippen LogP contribution is 2.38. The lowest BCUT2D eigenvalue weighted by Crippen LogP contribution is -2.07. The Kier molecular flexibility index (Phi) is 5.10. The third-order valence-electron chi connectivity index (χ3n) is 2.26. The molecule has 4 nitrogen and oxygen atoms in total. The van der Waals surface area contributed by atoms with Crippen molar-refractivity contribution >= 4 is 0 Å². The van der Waals surface area contributed by atoms with Gasteiger partial charge in [0.1, 0.15) is 0 Å².